The fourth-order valence-electron chi connectivity index (χ4n) is 3.21. The van der Waals surface area contributed by atoms with Crippen LogP contribution in [0.1, 0.15) is 5.56 Å². The molecule has 110 valence electrons. The van der Waals surface area contributed by atoms with E-state index >= 15 is 0 Å². The number of nitrogens with zero attached hydrogens (tertiary/aromatic N) is 1. The highest BCUT2D eigenvalue weighted by Crippen LogP contribution is 2.31. The molecule has 0 saturated heterocycles. The highest BCUT2D eigenvalue weighted by atomic mass is 32.1. The predicted octanol–water partition coefficient (Wildman–Crippen LogP) is 5.91. The molecule has 2 aromatic carbocycles. The summed E-state index contributed by atoms with van der Waals surface area (Å²) in [6.45, 7) is 2.13. The maximum atomic E-state index is 4.65. The van der Waals surface area contributed by atoms with Gasteiger partial charge in [0.1, 0.15) is 4.83 Å². The summed E-state index contributed by atoms with van der Waals surface area (Å²) in [5.41, 5.74) is 3.36. The molecule has 3 heteroatoms. The zero-order valence-corrected chi connectivity index (χ0v) is 13.4. The molecule has 0 fully saturated rings. The van der Waals surface area contributed by atoms with Crippen molar-refractivity contribution >= 4 is 43.1 Å². The second-order valence-electron chi connectivity index (χ2n) is 5.97. The van der Waals surface area contributed by atoms with Gasteiger partial charge in [0, 0.05) is 17.0 Å². The van der Waals surface area contributed by atoms with Gasteiger partial charge in [-0.05, 0) is 46.7 Å². The Bertz CT molecular complexity index is 1150. The highest BCUT2D eigenvalue weighted by Gasteiger charge is 2.08. The molecular formula is C20H14N2S. The molecule has 2 nitrogen and oxygen atoms in total. The average Bonchev–Trinajstić information content (AvgIpc) is 3.15. The van der Waals surface area contributed by atoms with Gasteiger partial charge in [-0.3, -0.25) is 4.98 Å². The van der Waals surface area contributed by atoms with Gasteiger partial charge >= 0.3 is 0 Å². The third-order valence-corrected chi connectivity index (χ3v) is 5.24. The van der Waals surface area contributed by atoms with Gasteiger partial charge in [-0.15, -0.1) is 11.3 Å². The van der Waals surface area contributed by atoms with Crippen LogP contribution in [0.2, 0.25) is 0 Å². The van der Waals surface area contributed by atoms with Crippen LogP contribution in [0.5, 0.6) is 0 Å². The van der Waals surface area contributed by atoms with E-state index in [4.69, 9.17) is 0 Å². The molecule has 0 bridgehead atoms. The number of nitrogens with one attached hydrogen (secondary N) is 1. The Morgan fingerprint density at radius 1 is 0.870 bits per heavy atom. The first kappa shape index (κ1) is 12.9. The molecule has 3 aromatic heterocycles. The van der Waals surface area contributed by atoms with E-state index in [0.29, 0.717) is 0 Å². The molecule has 0 atom stereocenters. The number of aryl methyl sites for hydroxylation is 1. The maximum absolute atomic E-state index is 4.65. The van der Waals surface area contributed by atoms with E-state index in [1.807, 2.05) is 6.20 Å². The van der Waals surface area contributed by atoms with E-state index < -0.39 is 0 Å². The molecule has 23 heavy (non-hydrogen) atoms. The quantitative estimate of drug-likeness (QED) is 0.383. The first-order valence-corrected chi connectivity index (χ1v) is 8.52. The lowest BCUT2D eigenvalue weighted by atomic mass is 10.0. The second-order valence-corrected chi connectivity index (χ2v) is 6.89. The lowest BCUT2D eigenvalue weighted by Crippen LogP contribution is -1.86. The minimum absolute atomic E-state index is 0.994. The monoisotopic (exact) mass is 314 g/mol. The lowest BCUT2D eigenvalue weighted by Gasteiger charge is -2.06. The van der Waals surface area contributed by atoms with E-state index in [0.717, 1.165) is 11.4 Å². The van der Waals surface area contributed by atoms with Crippen LogP contribution in [0.25, 0.3) is 43.1 Å². The molecule has 0 aliphatic carbocycles. The van der Waals surface area contributed by atoms with E-state index in [2.05, 4.69) is 70.8 Å². The van der Waals surface area contributed by atoms with Gasteiger partial charge in [0.2, 0.25) is 0 Å². The van der Waals surface area contributed by atoms with Crippen molar-refractivity contribution in [1.29, 1.82) is 0 Å². The zero-order chi connectivity index (χ0) is 15.4. The molecule has 5 rings (SSSR count). The summed E-state index contributed by atoms with van der Waals surface area (Å²) in [4.78, 5) is 9.32. The van der Waals surface area contributed by atoms with Crippen LogP contribution >= 0.6 is 11.3 Å². The van der Waals surface area contributed by atoms with Crippen molar-refractivity contribution in [3.63, 3.8) is 0 Å². The average molecular weight is 314 g/mol. The van der Waals surface area contributed by atoms with Crippen LogP contribution in [-0.4, -0.2) is 9.97 Å². The van der Waals surface area contributed by atoms with Crippen molar-refractivity contribution in [3.05, 3.63) is 65.7 Å². The van der Waals surface area contributed by atoms with Crippen molar-refractivity contribution in [1.82, 2.24) is 9.97 Å². The van der Waals surface area contributed by atoms with Gasteiger partial charge in [0.15, 0.2) is 0 Å². The number of hydrogen-bond acceptors (Lipinski definition) is 2. The van der Waals surface area contributed by atoms with Crippen LogP contribution in [0.3, 0.4) is 0 Å². The summed E-state index contributed by atoms with van der Waals surface area (Å²) in [5, 5.41) is 8.35. The van der Waals surface area contributed by atoms with E-state index in [1.54, 1.807) is 11.3 Å². The fraction of sp³-hybridized carbons (Fsp3) is 0.0500. The van der Waals surface area contributed by atoms with Crippen LogP contribution in [0, 0.1) is 6.92 Å². The van der Waals surface area contributed by atoms with E-state index in [9.17, 15) is 0 Å². The molecule has 0 aliphatic rings. The Kier molecular flexibility index (Phi) is 2.61. The van der Waals surface area contributed by atoms with Gasteiger partial charge in [-0.1, -0.05) is 35.9 Å². The molecule has 0 aliphatic heterocycles. The zero-order valence-electron chi connectivity index (χ0n) is 12.6. The van der Waals surface area contributed by atoms with E-state index in [-0.39, 0.29) is 0 Å². The van der Waals surface area contributed by atoms with Crippen LogP contribution < -0.4 is 0 Å². The third-order valence-electron chi connectivity index (χ3n) is 4.39. The summed E-state index contributed by atoms with van der Waals surface area (Å²) in [6.07, 6.45) is 1.97. The predicted molar refractivity (Wildman–Crippen MR) is 99.2 cm³/mol. The van der Waals surface area contributed by atoms with Crippen molar-refractivity contribution < 1.29 is 0 Å². The third kappa shape index (κ3) is 1.97. The molecular weight excluding hydrogens is 300 g/mol. The number of fused-ring (bicyclic) bond motifs is 4. The fourth-order valence-corrected chi connectivity index (χ4v) is 3.99. The Hall–Kier alpha value is -2.65. The number of aromatic nitrogens is 2. The molecule has 0 amide bonds. The van der Waals surface area contributed by atoms with Crippen LogP contribution in [0.15, 0.2) is 60.1 Å². The van der Waals surface area contributed by atoms with E-state index in [1.165, 1.54) is 37.3 Å². The summed E-state index contributed by atoms with van der Waals surface area (Å²) in [5.74, 6) is 0. The Balaban J connectivity index is 1.79. The first-order chi connectivity index (χ1) is 11.3. The molecule has 0 unspecified atom stereocenters. The van der Waals surface area contributed by atoms with Crippen LogP contribution in [0.4, 0.5) is 0 Å². The van der Waals surface area contributed by atoms with Gasteiger partial charge < -0.3 is 4.98 Å². The first-order valence-electron chi connectivity index (χ1n) is 7.64. The smallest absolute Gasteiger partial charge is 0.100 e. The number of aromatic amines is 1. The normalized spacial score (nSPS) is 11.7. The van der Waals surface area contributed by atoms with Gasteiger partial charge in [-0.25, -0.2) is 0 Å². The number of H-pyrrole nitrogens is 1. The summed E-state index contributed by atoms with van der Waals surface area (Å²) in [7, 11) is 0. The minimum Gasteiger partial charge on any atom is -0.345 e. The molecule has 0 spiro atoms. The summed E-state index contributed by atoms with van der Waals surface area (Å²) >= 11 is 1.73. The van der Waals surface area contributed by atoms with Crippen molar-refractivity contribution in [3.8, 4) is 11.4 Å². The molecule has 3 heterocycles. The topological polar surface area (TPSA) is 28.7 Å². The van der Waals surface area contributed by atoms with Crippen molar-refractivity contribution in [2.24, 2.45) is 0 Å². The Morgan fingerprint density at radius 2 is 1.78 bits per heavy atom. The lowest BCUT2D eigenvalue weighted by molar-refractivity contribution is 1.32. The minimum atomic E-state index is 0.994. The van der Waals surface area contributed by atoms with Gasteiger partial charge in [0.05, 0.1) is 11.4 Å². The Labute approximate surface area is 137 Å². The number of thiophene rings is 1. The molecule has 5 aromatic rings. The number of benzene rings is 2. The van der Waals surface area contributed by atoms with Crippen molar-refractivity contribution in [2.45, 2.75) is 6.92 Å². The largest absolute Gasteiger partial charge is 0.345 e. The number of hydrogen-bond donors (Lipinski definition) is 1. The van der Waals surface area contributed by atoms with Gasteiger partial charge in [0.25, 0.3) is 0 Å². The second kappa shape index (κ2) is 4.67. The molecule has 0 saturated carbocycles. The molecule has 0 radical (unpaired) electrons. The van der Waals surface area contributed by atoms with Crippen molar-refractivity contribution in [2.75, 3.05) is 0 Å². The molecule has 1 N–H and O–H groups in total. The van der Waals surface area contributed by atoms with Crippen LogP contribution in [-0.2, 0) is 0 Å². The maximum Gasteiger partial charge on any atom is 0.100 e. The number of rotatable bonds is 1. The Morgan fingerprint density at radius 3 is 2.70 bits per heavy atom. The standard InChI is InChI=1S/C20H14N2S/c1-12-2-5-16-13(8-12)3-4-15-11-21-18(10-17(15)16)19-9-14-6-7-23-20(14)22-19/h2-11,22H,1H3. The SMILES string of the molecule is Cc1ccc2c(ccc3cnc(-c4cc5ccsc5[nH]4)cc32)c1. The summed E-state index contributed by atoms with van der Waals surface area (Å²) < 4.78 is 0. The summed E-state index contributed by atoms with van der Waals surface area (Å²) in [6, 6.07) is 17.5. The van der Waals surface area contributed by atoms with Gasteiger partial charge in [-0.2, -0.15) is 0 Å². The number of pyridine rings is 1. The highest BCUT2D eigenvalue weighted by molar-refractivity contribution is 7.16.